The molecule has 0 saturated carbocycles. The van der Waals surface area contributed by atoms with Crippen molar-refractivity contribution < 1.29 is 4.42 Å². The van der Waals surface area contributed by atoms with Crippen molar-refractivity contribution in [3.8, 4) is 0 Å². The van der Waals surface area contributed by atoms with Crippen LogP contribution in [0, 0.1) is 0 Å². The summed E-state index contributed by atoms with van der Waals surface area (Å²) >= 11 is 0. The van der Waals surface area contributed by atoms with E-state index in [0.29, 0.717) is 0 Å². The summed E-state index contributed by atoms with van der Waals surface area (Å²) in [6.07, 6.45) is 7.72. The molecule has 1 aliphatic rings. The van der Waals surface area contributed by atoms with E-state index >= 15 is 0 Å². The molecule has 1 aromatic rings. The second-order valence-corrected chi connectivity index (χ2v) is 4.53. The number of fused-ring (bicyclic) bond motifs is 1. The van der Waals surface area contributed by atoms with Crippen LogP contribution < -0.4 is 5.32 Å². The van der Waals surface area contributed by atoms with Crippen LogP contribution in [0.4, 0.5) is 0 Å². The Kier molecular flexibility index (Phi) is 3.15. The molecule has 0 fully saturated rings. The number of nitrogens with one attached hydrogen (secondary N) is 1. The Morgan fingerprint density at radius 1 is 1.33 bits per heavy atom. The molecule has 0 unspecified atom stereocenters. The minimum Gasteiger partial charge on any atom is -0.467 e. The molecule has 15 heavy (non-hydrogen) atoms. The van der Waals surface area contributed by atoms with Crippen molar-refractivity contribution in [3.05, 3.63) is 23.7 Å². The second-order valence-electron chi connectivity index (χ2n) is 4.53. The summed E-state index contributed by atoms with van der Waals surface area (Å²) in [7, 11) is 0. The maximum absolute atomic E-state index is 5.71. The van der Waals surface area contributed by atoms with E-state index in [0.717, 1.165) is 13.0 Å². The van der Waals surface area contributed by atoms with Gasteiger partial charge in [-0.15, -0.1) is 0 Å². The molecule has 0 amide bonds. The van der Waals surface area contributed by atoms with Gasteiger partial charge in [0.15, 0.2) is 0 Å². The maximum Gasteiger partial charge on any atom is 0.127 e. The van der Waals surface area contributed by atoms with Gasteiger partial charge in [-0.2, -0.15) is 0 Å². The predicted octanol–water partition coefficient (Wildman–Crippen LogP) is 3.22. The quantitative estimate of drug-likeness (QED) is 0.820. The van der Waals surface area contributed by atoms with Crippen LogP contribution in [0.2, 0.25) is 0 Å². The van der Waals surface area contributed by atoms with E-state index < -0.39 is 0 Å². The zero-order chi connectivity index (χ0) is 10.7. The van der Waals surface area contributed by atoms with E-state index in [-0.39, 0.29) is 5.54 Å². The van der Waals surface area contributed by atoms with E-state index in [1.165, 1.54) is 37.0 Å². The molecule has 84 valence electrons. The highest BCUT2D eigenvalue weighted by molar-refractivity contribution is 5.28. The highest BCUT2D eigenvalue weighted by Gasteiger charge is 2.37. The van der Waals surface area contributed by atoms with Crippen molar-refractivity contribution in [2.24, 2.45) is 0 Å². The molecule has 0 aromatic carbocycles. The number of hydrogen-bond donors (Lipinski definition) is 1. The van der Waals surface area contributed by atoms with Crippen molar-refractivity contribution in [2.75, 3.05) is 6.54 Å². The third-order valence-electron chi connectivity index (χ3n) is 3.39. The predicted molar refractivity (Wildman–Crippen MR) is 61.9 cm³/mol. The van der Waals surface area contributed by atoms with Gasteiger partial charge in [0.25, 0.3) is 0 Å². The zero-order valence-electron chi connectivity index (χ0n) is 9.81. The molecule has 1 aromatic heterocycles. The molecular weight excluding hydrogens is 186 g/mol. The summed E-state index contributed by atoms with van der Waals surface area (Å²) in [4.78, 5) is 0. The Labute approximate surface area is 92.1 Å². The third kappa shape index (κ3) is 1.83. The number of furan rings is 1. The van der Waals surface area contributed by atoms with Crippen molar-refractivity contribution >= 4 is 0 Å². The molecule has 0 spiro atoms. The Bertz CT molecular complexity index is 310. The fourth-order valence-corrected chi connectivity index (χ4v) is 2.85. The highest BCUT2D eigenvalue weighted by Crippen LogP contribution is 2.37. The molecule has 0 aliphatic carbocycles. The summed E-state index contributed by atoms with van der Waals surface area (Å²) in [5.74, 6) is 1.21. The zero-order valence-corrected chi connectivity index (χ0v) is 9.81. The molecule has 0 atom stereocenters. The number of hydrogen-bond acceptors (Lipinski definition) is 2. The first-order chi connectivity index (χ1) is 7.32. The van der Waals surface area contributed by atoms with Crippen molar-refractivity contribution in [1.29, 1.82) is 0 Å². The van der Waals surface area contributed by atoms with Crippen LogP contribution >= 0.6 is 0 Å². The standard InChI is InChI=1S/C13H21NO/c1-3-7-13(8-4-2)12-11(5-9-14-13)6-10-15-12/h6,10,14H,3-5,7-9H2,1-2H3. The molecule has 0 radical (unpaired) electrons. The summed E-state index contributed by atoms with van der Waals surface area (Å²) < 4.78 is 5.71. The summed E-state index contributed by atoms with van der Waals surface area (Å²) in [6, 6.07) is 2.14. The fraction of sp³-hybridized carbons (Fsp3) is 0.692. The molecule has 0 saturated heterocycles. The molecule has 2 nitrogen and oxygen atoms in total. The minimum absolute atomic E-state index is 0.126. The average Bonchev–Trinajstić information content (AvgIpc) is 2.68. The van der Waals surface area contributed by atoms with Crippen molar-refractivity contribution in [3.63, 3.8) is 0 Å². The smallest absolute Gasteiger partial charge is 0.127 e. The van der Waals surface area contributed by atoms with E-state index in [9.17, 15) is 0 Å². The first-order valence-corrected chi connectivity index (χ1v) is 6.14. The second kappa shape index (κ2) is 4.40. The third-order valence-corrected chi connectivity index (χ3v) is 3.39. The SMILES string of the molecule is CCCC1(CCC)NCCc2ccoc21. The lowest BCUT2D eigenvalue weighted by Crippen LogP contribution is -2.46. The largest absolute Gasteiger partial charge is 0.467 e. The lowest BCUT2D eigenvalue weighted by Gasteiger charge is -2.37. The normalized spacial score (nSPS) is 18.8. The fourth-order valence-electron chi connectivity index (χ4n) is 2.85. The van der Waals surface area contributed by atoms with Gasteiger partial charge in [0.1, 0.15) is 5.76 Å². The van der Waals surface area contributed by atoms with Crippen LogP contribution in [-0.4, -0.2) is 6.54 Å². The highest BCUT2D eigenvalue weighted by atomic mass is 16.3. The van der Waals surface area contributed by atoms with Crippen LogP contribution in [0.25, 0.3) is 0 Å². The molecule has 2 rings (SSSR count). The molecule has 1 N–H and O–H groups in total. The van der Waals surface area contributed by atoms with E-state index in [1.54, 1.807) is 0 Å². The van der Waals surface area contributed by atoms with Crippen LogP contribution in [0.3, 0.4) is 0 Å². The maximum atomic E-state index is 5.71. The van der Waals surface area contributed by atoms with Crippen LogP contribution in [0.15, 0.2) is 16.7 Å². The average molecular weight is 207 g/mol. The van der Waals surface area contributed by atoms with Gasteiger partial charge in [-0.25, -0.2) is 0 Å². The van der Waals surface area contributed by atoms with E-state index in [1.807, 2.05) is 6.26 Å². The topological polar surface area (TPSA) is 25.2 Å². The summed E-state index contributed by atoms with van der Waals surface area (Å²) in [5, 5.41) is 3.68. The van der Waals surface area contributed by atoms with Gasteiger partial charge in [-0.05, 0) is 30.9 Å². The molecule has 2 heteroatoms. The van der Waals surface area contributed by atoms with Crippen LogP contribution in [-0.2, 0) is 12.0 Å². The summed E-state index contributed by atoms with van der Waals surface area (Å²) in [6.45, 7) is 5.58. The monoisotopic (exact) mass is 207 g/mol. The lowest BCUT2D eigenvalue weighted by atomic mass is 9.81. The Morgan fingerprint density at radius 2 is 2.07 bits per heavy atom. The first kappa shape index (κ1) is 10.7. The molecular formula is C13H21NO. The van der Waals surface area contributed by atoms with Crippen molar-refractivity contribution in [1.82, 2.24) is 5.32 Å². The van der Waals surface area contributed by atoms with Crippen LogP contribution in [0.1, 0.15) is 50.9 Å². The van der Waals surface area contributed by atoms with E-state index in [4.69, 9.17) is 4.42 Å². The van der Waals surface area contributed by atoms with Crippen LogP contribution in [0.5, 0.6) is 0 Å². The minimum atomic E-state index is 0.126. The number of rotatable bonds is 4. The molecule has 1 aliphatic heterocycles. The van der Waals surface area contributed by atoms with Gasteiger partial charge in [0.05, 0.1) is 11.8 Å². The Morgan fingerprint density at radius 3 is 2.73 bits per heavy atom. The van der Waals surface area contributed by atoms with Gasteiger partial charge < -0.3 is 9.73 Å². The van der Waals surface area contributed by atoms with Gasteiger partial charge in [-0.3, -0.25) is 0 Å². The Balaban J connectivity index is 2.33. The molecule has 0 bridgehead atoms. The molecule has 2 heterocycles. The van der Waals surface area contributed by atoms with Gasteiger partial charge in [0, 0.05) is 6.54 Å². The van der Waals surface area contributed by atoms with E-state index in [2.05, 4.69) is 25.2 Å². The van der Waals surface area contributed by atoms with Crippen molar-refractivity contribution in [2.45, 2.75) is 51.5 Å². The van der Waals surface area contributed by atoms with Gasteiger partial charge >= 0.3 is 0 Å². The lowest BCUT2D eigenvalue weighted by molar-refractivity contribution is 0.216. The first-order valence-electron chi connectivity index (χ1n) is 6.14. The van der Waals surface area contributed by atoms with Gasteiger partial charge in [-0.1, -0.05) is 26.7 Å². The Hall–Kier alpha value is -0.760. The van der Waals surface area contributed by atoms with Gasteiger partial charge in [0.2, 0.25) is 0 Å². The summed E-state index contributed by atoms with van der Waals surface area (Å²) in [5.41, 5.74) is 1.54.